The smallest absolute Gasteiger partial charge is 0.181 e. The first kappa shape index (κ1) is 10.4. The second-order valence-corrected chi connectivity index (χ2v) is 4.44. The van der Waals surface area contributed by atoms with Gasteiger partial charge in [0.1, 0.15) is 5.69 Å². The standard InChI is InChI=1S/C13H9ClN2O/c14-10-3-1-2-8(6-10)13-15-7-9-4-5-11(17)12(9)16-13/h1-3,6-7H,4-5H2. The molecular weight excluding hydrogens is 236 g/mol. The Kier molecular flexibility index (Phi) is 2.41. The van der Waals surface area contributed by atoms with Crippen LogP contribution in [0.1, 0.15) is 22.5 Å². The number of rotatable bonds is 1. The van der Waals surface area contributed by atoms with Gasteiger partial charge in [-0.25, -0.2) is 9.97 Å². The average Bonchev–Trinajstić information content (AvgIpc) is 2.71. The van der Waals surface area contributed by atoms with E-state index in [1.807, 2.05) is 12.1 Å². The largest absolute Gasteiger partial charge is 0.292 e. The number of carbonyl (C=O) groups is 1. The fraction of sp³-hybridized carbons (Fsp3) is 0.154. The van der Waals surface area contributed by atoms with E-state index in [0.29, 0.717) is 23.0 Å². The van der Waals surface area contributed by atoms with Crippen molar-refractivity contribution in [2.24, 2.45) is 0 Å². The zero-order valence-corrected chi connectivity index (χ0v) is 9.74. The summed E-state index contributed by atoms with van der Waals surface area (Å²) in [6.07, 6.45) is 3.04. The maximum atomic E-state index is 11.6. The van der Waals surface area contributed by atoms with Gasteiger partial charge in [-0.15, -0.1) is 0 Å². The van der Waals surface area contributed by atoms with Gasteiger partial charge in [-0.1, -0.05) is 23.7 Å². The predicted molar refractivity (Wildman–Crippen MR) is 65.1 cm³/mol. The summed E-state index contributed by atoms with van der Waals surface area (Å²) in [6, 6.07) is 7.31. The molecule has 0 saturated heterocycles. The fourth-order valence-corrected chi connectivity index (χ4v) is 2.15. The Bertz CT molecular complexity index is 610. The Morgan fingerprint density at radius 1 is 1.24 bits per heavy atom. The van der Waals surface area contributed by atoms with Gasteiger partial charge in [0.25, 0.3) is 0 Å². The third-order valence-corrected chi connectivity index (χ3v) is 3.07. The molecule has 0 spiro atoms. The van der Waals surface area contributed by atoms with E-state index < -0.39 is 0 Å². The highest BCUT2D eigenvalue weighted by molar-refractivity contribution is 6.30. The summed E-state index contributed by atoms with van der Waals surface area (Å²) in [5.74, 6) is 0.659. The lowest BCUT2D eigenvalue weighted by atomic mass is 10.2. The molecule has 0 fully saturated rings. The molecule has 0 amide bonds. The van der Waals surface area contributed by atoms with Gasteiger partial charge in [0.15, 0.2) is 11.6 Å². The lowest BCUT2D eigenvalue weighted by Gasteiger charge is -2.02. The monoisotopic (exact) mass is 244 g/mol. The number of hydrogen-bond donors (Lipinski definition) is 0. The van der Waals surface area contributed by atoms with Crippen LogP contribution in [0.5, 0.6) is 0 Å². The highest BCUT2D eigenvalue weighted by atomic mass is 35.5. The Morgan fingerprint density at radius 3 is 2.94 bits per heavy atom. The molecule has 0 aliphatic heterocycles. The van der Waals surface area contributed by atoms with E-state index in [4.69, 9.17) is 11.6 Å². The number of fused-ring (bicyclic) bond motifs is 1. The van der Waals surface area contributed by atoms with Crippen LogP contribution >= 0.6 is 11.6 Å². The zero-order valence-electron chi connectivity index (χ0n) is 8.98. The molecule has 1 aliphatic rings. The summed E-state index contributed by atoms with van der Waals surface area (Å²) in [6.45, 7) is 0. The summed E-state index contributed by atoms with van der Waals surface area (Å²) in [4.78, 5) is 20.2. The molecule has 3 rings (SSSR count). The molecule has 4 heteroatoms. The summed E-state index contributed by atoms with van der Waals surface area (Å²) in [5.41, 5.74) is 2.34. The highest BCUT2D eigenvalue weighted by Crippen LogP contribution is 2.24. The van der Waals surface area contributed by atoms with Crippen LogP contribution in [0.25, 0.3) is 11.4 Å². The average molecular weight is 245 g/mol. The molecule has 17 heavy (non-hydrogen) atoms. The molecule has 3 nitrogen and oxygen atoms in total. The molecule has 2 aromatic rings. The number of hydrogen-bond acceptors (Lipinski definition) is 3. The first-order chi connectivity index (χ1) is 8.24. The van der Waals surface area contributed by atoms with Crippen molar-refractivity contribution in [1.82, 2.24) is 9.97 Å². The van der Waals surface area contributed by atoms with E-state index in [-0.39, 0.29) is 5.78 Å². The van der Waals surface area contributed by atoms with Crippen molar-refractivity contribution in [2.45, 2.75) is 12.8 Å². The third-order valence-electron chi connectivity index (χ3n) is 2.83. The Morgan fingerprint density at radius 2 is 2.12 bits per heavy atom. The minimum Gasteiger partial charge on any atom is -0.292 e. The number of halogens is 1. The molecular formula is C13H9ClN2O. The lowest BCUT2D eigenvalue weighted by Crippen LogP contribution is -1.99. The number of aromatic nitrogens is 2. The molecule has 0 radical (unpaired) electrons. The van der Waals surface area contributed by atoms with E-state index >= 15 is 0 Å². The Labute approximate surface area is 103 Å². The number of Topliss-reactive ketones (excluding diaryl/α,β-unsaturated/α-hetero) is 1. The maximum Gasteiger partial charge on any atom is 0.181 e. The van der Waals surface area contributed by atoms with Crippen molar-refractivity contribution in [3.8, 4) is 11.4 Å². The number of benzene rings is 1. The van der Waals surface area contributed by atoms with Crippen LogP contribution in [-0.4, -0.2) is 15.8 Å². The molecule has 0 unspecified atom stereocenters. The predicted octanol–water partition coefficient (Wildman–Crippen LogP) is 2.93. The van der Waals surface area contributed by atoms with Crippen LogP contribution in [0.2, 0.25) is 5.02 Å². The van der Waals surface area contributed by atoms with Gasteiger partial charge in [0.2, 0.25) is 0 Å². The van der Waals surface area contributed by atoms with Crippen LogP contribution < -0.4 is 0 Å². The minimum atomic E-state index is 0.102. The van der Waals surface area contributed by atoms with Gasteiger partial charge < -0.3 is 0 Å². The van der Waals surface area contributed by atoms with Crippen LogP contribution in [0.4, 0.5) is 0 Å². The first-order valence-corrected chi connectivity index (χ1v) is 5.77. The van der Waals surface area contributed by atoms with E-state index in [9.17, 15) is 4.79 Å². The Balaban J connectivity index is 2.11. The molecule has 84 valence electrons. The van der Waals surface area contributed by atoms with Crippen LogP contribution in [0, 0.1) is 0 Å². The highest BCUT2D eigenvalue weighted by Gasteiger charge is 2.22. The molecule has 0 atom stereocenters. The molecule has 0 saturated carbocycles. The molecule has 0 N–H and O–H groups in total. The van der Waals surface area contributed by atoms with E-state index in [2.05, 4.69) is 9.97 Å². The molecule has 1 aromatic heterocycles. The number of ketones is 1. The number of carbonyl (C=O) groups excluding carboxylic acids is 1. The summed E-state index contributed by atoms with van der Waals surface area (Å²) < 4.78 is 0. The van der Waals surface area contributed by atoms with Crippen molar-refractivity contribution >= 4 is 17.4 Å². The normalized spacial score (nSPS) is 13.8. The zero-order chi connectivity index (χ0) is 11.8. The summed E-state index contributed by atoms with van der Waals surface area (Å²) in [7, 11) is 0. The lowest BCUT2D eigenvalue weighted by molar-refractivity contribution is 0.0990. The third kappa shape index (κ3) is 1.83. The van der Waals surface area contributed by atoms with Crippen molar-refractivity contribution < 1.29 is 4.79 Å². The van der Waals surface area contributed by atoms with E-state index in [0.717, 1.165) is 17.5 Å². The van der Waals surface area contributed by atoms with Gasteiger partial charge >= 0.3 is 0 Å². The maximum absolute atomic E-state index is 11.6. The molecule has 1 aromatic carbocycles. The summed E-state index contributed by atoms with van der Waals surface area (Å²) >= 11 is 5.92. The first-order valence-electron chi connectivity index (χ1n) is 5.39. The SMILES string of the molecule is O=C1CCc2cnc(-c3cccc(Cl)c3)nc21. The van der Waals surface area contributed by atoms with E-state index in [1.54, 1.807) is 18.3 Å². The molecule has 1 aliphatic carbocycles. The number of aryl methyl sites for hydroxylation is 1. The van der Waals surface area contributed by atoms with Crippen LogP contribution in [-0.2, 0) is 6.42 Å². The van der Waals surface area contributed by atoms with Crippen molar-refractivity contribution in [1.29, 1.82) is 0 Å². The van der Waals surface area contributed by atoms with Gasteiger partial charge in [0.05, 0.1) is 0 Å². The van der Waals surface area contributed by atoms with Gasteiger partial charge in [-0.05, 0) is 18.6 Å². The van der Waals surface area contributed by atoms with Crippen molar-refractivity contribution in [3.63, 3.8) is 0 Å². The molecule has 1 heterocycles. The van der Waals surface area contributed by atoms with Gasteiger partial charge in [-0.2, -0.15) is 0 Å². The van der Waals surface area contributed by atoms with Crippen molar-refractivity contribution in [3.05, 3.63) is 46.7 Å². The fourth-order valence-electron chi connectivity index (χ4n) is 1.96. The number of nitrogens with zero attached hydrogens (tertiary/aromatic N) is 2. The quantitative estimate of drug-likeness (QED) is 0.775. The van der Waals surface area contributed by atoms with Crippen LogP contribution in [0.3, 0.4) is 0 Å². The topological polar surface area (TPSA) is 42.9 Å². The van der Waals surface area contributed by atoms with Gasteiger partial charge in [-0.3, -0.25) is 4.79 Å². The summed E-state index contributed by atoms with van der Waals surface area (Å²) in [5, 5.41) is 0.637. The Hall–Kier alpha value is -1.74. The second kappa shape index (κ2) is 3.93. The van der Waals surface area contributed by atoms with Crippen LogP contribution in [0.15, 0.2) is 30.5 Å². The minimum absolute atomic E-state index is 0.102. The van der Waals surface area contributed by atoms with E-state index in [1.165, 1.54) is 0 Å². The van der Waals surface area contributed by atoms with Crippen molar-refractivity contribution in [2.75, 3.05) is 0 Å². The van der Waals surface area contributed by atoms with Gasteiger partial charge in [0, 0.05) is 28.8 Å². The second-order valence-electron chi connectivity index (χ2n) is 4.00. The molecule has 0 bridgehead atoms.